The van der Waals surface area contributed by atoms with E-state index in [1.165, 1.54) is 12.4 Å². The molecule has 0 saturated heterocycles. The van der Waals surface area contributed by atoms with E-state index in [2.05, 4.69) is 4.98 Å². The number of hydroxylamine groups is 2. The van der Waals surface area contributed by atoms with E-state index in [0.717, 1.165) is 0 Å². The molecule has 0 spiro atoms. The molecule has 136 valence electrons. The van der Waals surface area contributed by atoms with Crippen molar-refractivity contribution in [3.8, 4) is 0 Å². The normalized spacial score (nSPS) is 20.6. The molecule has 0 fully saturated rings. The van der Waals surface area contributed by atoms with Gasteiger partial charge in [-0.05, 0) is 51.2 Å². The molecule has 2 unspecified atom stereocenters. The van der Waals surface area contributed by atoms with Gasteiger partial charge in [-0.3, -0.25) is 20.3 Å². The Morgan fingerprint density at radius 3 is 2.76 bits per heavy atom. The highest BCUT2D eigenvalue weighted by Crippen LogP contribution is 2.36. The third-order valence-corrected chi connectivity index (χ3v) is 3.84. The van der Waals surface area contributed by atoms with Crippen molar-refractivity contribution in [2.45, 2.75) is 52.2 Å². The first-order valence-electron chi connectivity index (χ1n) is 8.09. The fourth-order valence-electron chi connectivity index (χ4n) is 2.86. The first-order valence-corrected chi connectivity index (χ1v) is 8.09. The van der Waals surface area contributed by atoms with Gasteiger partial charge in [0.05, 0.1) is 16.5 Å². The molecule has 1 amide bonds. The molecule has 2 rings (SSSR count). The van der Waals surface area contributed by atoms with Crippen molar-refractivity contribution in [2.75, 3.05) is 0 Å². The van der Waals surface area contributed by atoms with Crippen LogP contribution in [0.25, 0.3) is 5.57 Å². The molecule has 1 aromatic heterocycles. The summed E-state index contributed by atoms with van der Waals surface area (Å²) in [5.74, 6) is 0.134. The fourth-order valence-corrected chi connectivity index (χ4v) is 2.86. The zero-order valence-corrected chi connectivity index (χ0v) is 14.8. The third-order valence-electron chi connectivity index (χ3n) is 3.84. The van der Waals surface area contributed by atoms with Crippen molar-refractivity contribution in [2.24, 2.45) is 5.92 Å². The average Bonchev–Trinajstić information content (AvgIpc) is 2.51. The van der Waals surface area contributed by atoms with Crippen LogP contribution in [0.4, 0.5) is 10.5 Å². The van der Waals surface area contributed by atoms with Crippen molar-refractivity contribution in [1.82, 2.24) is 10.0 Å². The summed E-state index contributed by atoms with van der Waals surface area (Å²) >= 11 is 0. The number of hydrogen-bond donors (Lipinski definition) is 1. The molecule has 8 heteroatoms. The number of ether oxygens (including phenoxy) is 1. The molecule has 0 aliphatic heterocycles. The first kappa shape index (κ1) is 18.9. The van der Waals surface area contributed by atoms with Gasteiger partial charge >= 0.3 is 6.09 Å². The summed E-state index contributed by atoms with van der Waals surface area (Å²) in [7, 11) is 0. The Kier molecular flexibility index (Phi) is 5.42. The summed E-state index contributed by atoms with van der Waals surface area (Å²) in [6.45, 7) is 7.10. The summed E-state index contributed by atoms with van der Waals surface area (Å²) in [6.07, 6.45) is 4.69. The summed E-state index contributed by atoms with van der Waals surface area (Å²) in [6, 6.07) is 0.968. The Labute approximate surface area is 146 Å². The molecule has 0 radical (unpaired) electrons. The van der Waals surface area contributed by atoms with Crippen LogP contribution >= 0.6 is 0 Å². The van der Waals surface area contributed by atoms with E-state index < -0.39 is 22.7 Å². The van der Waals surface area contributed by atoms with Crippen molar-refractivity contribution in [1.29, 1.82) is 0 Å². The number of carbonyl (C=O) groups excluding carboxylic acids is 1. The predicted molar refractivity (Wildman–Crippen MR) is 90.9 cm³/mol. The Morgan fingerprint density at radius 1 is 1.48 bits per heavy atom. The van der Waals surface area contributed by atoms with Crippen LogP contribution in [0.5, 0.6) is 0 Å². The molecule has 1 aliphatic carbocycles. The molecule has 2 atom stereocenters. The maximum Gasteiger partial charge on any atom is 0.434 e. The SMILES string of the molecule is CC1CC(c2ccncc2[N+](=O)[O-])=CC(N(O)C(=O)OC(C)(C)C)C1. The van der Waals surface area contributed by atoms with Gasteiger partial charge in [0.15, 0.2) is 0 Å². The Hall–Kier alpha value is -2.48. The second kappa shape index (κ2) is 7.18. The molecule has 0 aromatic carbocycles. The van der Waals surface area contributed by atoms with Crippen LogP contribution in [0.15, 0.2) is 24.5 Å². The van der Waals surface area contributed by atoms with Crippen molar-refractivity contribution < 1.29 is 19.7 Å². The van der Waals surface area contributed by atoms with Crippen molar-refractivity contribution in [3.63, 3.8) is 0 Å². The molecule has 1 N–H and O–H groups in total. The lowest BCUT2D eigenvalue weighted by molar-refractivity contribution is -0.385. The number of pyridine rings is 1. The fraction of sp³-hybridized carbons (Fsp3) is 0.529. The van der Waals surface area contributed by atoms with Gasteiger partial charge in [0.2, 0.25) is 0 Å². The number of aromatic nitrogens is 1. The van der Waals surface area contributed by atoms with Crippen molar-refractivity contribution in [3.05, 3.63) is 40.2 Å². The maximum atomic E-state index is 12.1. The topological polar surface area (TPSA) is 106 Å². The van der Waals surface area contributed by atoms with E-state index in [9.17, 15) is 20.1 Å². The van der Waals surface area contributed by atoms with Gasteiger partial charge in [-0.15, -0.1) is 0 Å². The monoisotopic (exact) mass is 349 g/mol. The minimum Gasteiger partial charge on any atom is -0.442 e. The van der Waals surface area contributed by atoms with E-state index in [0.29, 0.717) is 29.0 Å². The van der Waals surface area contributed by atoms with Crippen LogP contribution in [0.3, 0.4) is 0 Å². The Morgan fingerprint density at radius 2 is 2.16 bits per heavy atom. The van der Waals surface area contributed by atoms with Crippen LogP contribution in [0, 0.1) is 16.0 Å². The van der Waals surface area contributed by atoms with Crippen LogP contribution < -0.4 is 0 Å². The lowest BCUT2D eigenvalue weighted by Gasteiger charge is -2.32. The number of carbonyl (C=O) groups is 1. The number of amides is 1. The first-order chi connectivity index (χ1) is 11.6. The molecule has 8 nitrogen and oxygen atoms in total. The van der Waals surface area contributed by atoms with Gasteiger partial charge in [0, 0.05) is 6.20 Å². The molecule has 0 saturated carbocycles. The molecule has 25 heavy (non-hydrogen) atoms. The number of nitro groups is 1. The lowest BCUT2D eigenvalue weighted by atomic mass is 9.84. The van der Waals surface area contributed by atoms with Gasteiger partial charge in [0.1, 0.15) is 11.8 Å². The Bertz CT molecular complexity index is 696. The molecular formula is C17H23N3O5. The number of nitrogens with zero attached hydrogens (tertiary/aromatic N) is 3. The highest BCUT2D eigenvalue weighted by molar-refractivity contribution is 5.74. The third kappa shape index (κ3) is 4.76. The van der Waals surface area contributed by atoms with Crippen LogP contribution in [-0.2, 0) is 4.74 Å². The van der Waals surface area contributed by atoms with Gasteiger partial charge in [-0.2, -0.15) is 5.06 Å². The quantitative estimate of drug-likeness (QED) is 0.505. The number of allylic oxidation sites excluding steroid dienone is 1. The minimum absolute atomic E-state index is 0.0941. The second-order valence-electron chi connectivity index (χ2n) is 7.28. The highest BCUT2D eigenvalue weighted by atomic mass is 16.6. The number of hydrogen-bond acceptors (Lipinski definition) is 6. The molecular weight excluding hydrogens is 326 g/mol. The van der Waals surface area contributed by atoms with Gasteiger partial charge in [-0.25, -0.2) is 4.79 Å². The maximum absolute atomic E-state index is 12.1. The standard InChI is InChI=1S/C17H23N3O5/c1-11-7-12(14-5-6-18-10-15(14)20(23)24)9-13(8-11)19(22)16(21)25-17(2,3)4/h5-6,9-11,13,22H,7-8H2,1-4H3. The number of rotatable bonds is 3. The second-order valence-corrected chi connectivity index (χ2v) is 7.28. The van der Waals surface area contributed by atoms with E-state index in [4.69, 9.17) is 4.74 Å². The summed E-state index contributed by atoms with van der Waals surface area (Å²) in [5.41, 5.74) is 0.340. The lowest BCUT2D eigenvalue weighted by Crippen LogP contribution is -2.42. The zero-order chi connectivity index (χ0) is 18.8. The summed E-state index contributed by atoms with van der Waals surface area (Å²) in [4.78, 5) is 26.6. The molecule has 1 aromatic rings. The average molecular weight is 349 g/mol. The summed E-state index contributed by atoms with van der Waals surface area (Å²) < 4.78 is 5.18. The van der Waals surface area contributed by atoms with Gasteiger partial charge in [0.25, 0.3) is 5.69 Å². The molecule has 1 heterocycles. The largest absolute Gasteiger partial charge is 0.442 e. The van der Waals surface area contributed by atoms with E-state index in [-0.39, 0.29) is 11.6 Å². The van der Waals surface area contributed by atoms with Crippen molar-refractivity contribution >= 4 is 17.4 Å². The Balaban J connectivity index is 2.32. The van der Waals surface area contributed by atoms with Crippen LogP contribution in [0.2, 0.25) is 0 Å². The minimum atomic E-state index is -0.841. The predicted octanol–water partition coefficient (Wildman–Crippen LogP) is 3.80. The smallest absolute Gasteiger partial charge is 0.434 e. The van der Waals surface area contributed by atoms with Gasteiger partial charge < -0.3 is 4.74 Å². The summed E-state index contributed by atoms with van der Waals surface area (Å²) in [5, 5.41) is 22.0. The van der Waals surface area contributed by atoms with Gasteiger partial charge in [-0.1, -0.05) is 13.0 Å². The van der Waals surface area contributed by atoms with Crippen LogP contribution in [-0.4, -0.2) is 37.9 Å². The molecule has 0 bridgehead atoms. The zero-order valence-electron chi connectivity index (χ0n) is 14.8. The van der Waals surface area contributed by atoms with E-state index in [1.807, 2.05) is 6.92 Å². The van der Waals surface area contributed by atoms with E-state index >= 15 is 0 Å². The highest BCUT2D eigenvalue weighted by Gasteiger charge is 2.32. The van der Waals surface area contributed by atoms with Crippen LogP contribution in [0.1, 0.15) is 46.1 Å². The van der Waals surface area contributed by atoms with E-state index in [1.54, 1.807) is 32.9 Å². The molecule has 1 aliphatic rings.